The highest BCUT2D eigenvalue weighted by atomic mass is 19.4. The average molecular weight is 303 g/mol. The highest BCUT2D eigenvalue weighted by Crippen LogP contribution is 2.25. The molecule has 0 radical (unpaired) electrons. The van der Waals surface area contributed by atoms with Gasteiger partial charge in [-0.25, -0.2) is 0 Å². The molecule has 21 heavy (non-hydrogen) atoms. The Morgan fingerprint density at radius 3 is 2.48 bits per heavy atom. The van der Waals surface area contributed by atoms with Crippen molar-refractivity contribution in [2.24, 2.45) is 0 Å². The van der Waals surface area contributed by atoms with Crippen LogP contribution in [0, 0.1) is 0 Å². The zero-order valence-corrected chi connectivity index (χ0v) is 11.5. The molecule has 7 heteroatoms. The number of para-hydroxylation sites is 2. The van der Waals surface area contributed by atoms with E-state index in [1.165, 1.54) is 13.2 Å². The quantitative estimate of drug-likeness (QED) is 0.727. The first kappa shape index (κ1) is 16.9. The van der Waals surface area contributed by atoms with Gasteiger partial charge in [-0.05, 0) is 12.1 Å². The van der Waals surface area contributed by atoms with E-state index in [1.807, 2.05) is 0 Å². The summed E-state index contributed by atoms with van der Waals surface area (Å²) in [6.07, 6.45) is -3.24. The summed E-state index contributed by atoms with van der Waals surface area (Å²) >= 11 is 0. The number of carbonyl (C=O) groups excluding carboxylic acids is 1. The number of methoxy groups -OCH3 is 1. The molecule has 116 valence electrons. The summed E-state index contributed by atoms with van der Waals surface area (Å²) in [6.45, 7) is 1.29. The minimum atomic E-state index is -4.47. The second-order valence-corrected chi connectivity index (χ2v) is 4.12. The summed E-state index contributed by atoms with van der Waals surface area (Å²) in [4.78, 5) is 12.4. The predicted molar refractivity (Wildman–Crippen MR) is 71.3 cm³/mol. The van der Waals surface area contributed by atoms with Crippen molar-refractivity contribution >= 4 is 5.91 Å². The third-order valence-electron chi connectivity index (χ3n) is 2.49. The molecule has 4 nitrogen and oxygen atoms in total. The molecule has 0 N–H and O–H groups in total. The predicted octanol–water partition coefficient (Wildman–Crippen LogP) is 2.65. The van der Waals surface area contributed by atoms with Crippen LogP contribution >= 0.6 is 0 Å². The van der Waals surface area contributed by atoms with Gasteiger partial charge in [-0.15, -0.1) is 6.58 Å². The molecule has 0 aliphatic rings. The van der Waals surface area contributed by atoms with Gasteiger partial charge >= 0.3 is 6.18 Å². The second kappa shape index (κ2) is 7.56. The van der Waals surface area contributed by atoms with Crippen molar-refractivity contribution in [2.45, 2.75) is 6.18 Å². The summed E-state index contributed by atoms with van der Waals surface area (Å²) < 4.78 is 47.4. The number of benzene rings is 1. The molecule has 0 heterocycles. The standard InChI is InChI=1S/C14H16F3NO3/c1-3-8-18(10-14(15,16)17)13(19)9-21-12-7-5-4-6-11(12)20-2/h3-7H,1,8-10H2,2H3. The van der Waals surface area contributed by atoms with Crippen LogP contribution in [0.5, 0.6) is 11.5 Å². The molecule has 0 atom stereocenters. The molecular weight excluding hydrogens is 287 g/mol. The molecule has 0 aromatic heterocycles. The van der Waals surface area contributed by atoms with Crippen LogP contribution < -0.4 is 9.47 Å². The number of ether oxygens (including phenoxy) is 2. The summed E-state index contributed by atoms with van der Waals surface area (Å²) in [5, 5.41) is 0. The Morgan fingerprint density at radius 1 is 1.33 bits per heavy atom. The molecule has 1 aromatic rings. The van der Waals surface area contributed by atoms with Gasteiger partial charge < -0.3 is 14.4 Å². The number of hydrogen-bond donors (Lipinski definition) is 0. The highest BCUT2D eigenvalue weighted by Gasteiger charge is 2.32. The lowest BCUT2D eigenvalue weighted by molar-refractivity contribution is -0.161. The number of hydrogen-bond acceptors (Lipinski definition) is 3. The van der Waals surface area contributed by atoms with E-state index in [1.54, 1.807) is 24.3 Å². The first-order chi connectivity index (χ1) is 9.87. The number of nitrogens with zero attached hydrogens (tertiary/aromatic N) is 1. The van der Waals surface area contributed by atoms with Gasteiger partial charge in [-0.1, -0.05) is 18.2 Å². The zero-order chi connectivity index (χ0) is 15.9. The van der Waals surface area contributed by atoms with Gasteiger partial charge in [-0.2, -0.15) is 13.2 Å². The lowest BCUT2D eigenvalue weighted by Crippen LogP contribution is -2.41. The van der Waals surface area contributed by atoms with E-state index in [0.717, 1.165) is 0 Å². The Bertz CT molecular complexity index is 489. The maximum atomic E-state index is 12.4. The van der Waals surface area contributed by atoms with Crippen LogP contribution in [0.4, 0.5) is 13.2 Å². The van der Waals surface area contributed by atoms with Gasteiger partial charge in [-0.3, -0.25) is 4.79 Å². The molecular formula is C14H16F3NO3. The number of carbonyl (C=O) groups is 1. The minimum absolute atomic E-state index is 0.201. The van der Waals surface area contributed by atoms with E-state index in [4.69, 9.17) is 9.47 Å². The zero-order valence-electron chi connectivity index (χ0n) is 11.5. The molecule has 0 saturated carbocycles. The van der Waals surface area contributed by atoms with Crippen LogP contribution in [0.1, 0.15) is 0 Å². The fourth-order valence-corrected chi connectivity index (χ4v) is 1.60. The van der Waals surface area contributed by atoms with Gasteiger partial charge in [0, 0.05) is 6.54 Å². The van der Waals surface area contributed by atoms with E-state index >= 15 is 0 Å². The van der Waals surface area contributed by atoms with Crippen molar-refractivity contribution in [1.29, 1.82) is 0 Å². The normalized spacial score (nSPS) is 10.9. The maximum absolute atomic E-state index is 12.4. The van der Waals surface area contributed by atoms with Crippen molar-refractivity contribution in [2.75, 3.05) is 26.8 Å². The Morgan fingerprint density at radius 2 is 1.95 bits per heavy atom. The van der Waals surface area contributed by atoms with Crippen molar-refractivity contribution in [1.82, 2.24) is 4.90 Å². The molecule has 0 saturated heterocycles. The van der Waals surface area contributed by atoms with Gasteiger partial charge in [0.05, 0.1) is 7.11 Å². The lowest BCUT2D eigenvalue weighted by Gasteiger charge is -2.22. The van der Waals surface area contributed by atoms with E-state index < -0.39 is 25.2 Å². The molecule has 1 rings (SSSR count). The minimum Gasteiger partial charge on any atom is -0.493 e. The van der Waals surface area contributed by atoms with E-state index in [9.17, 15) is 18.0 Å². The number of rotatable bonds is 7. The number of alkyl halides is 3. The van der Waals surface area contributed by atoms with Crippen LogP contribution in [-0.2, 0) is 4.79 Å². The first-order valence-electron chi connectivity index (χ1n) is 6.08. The van der Waals surface area contributed by atoms with Crippen molar-refractivity contribution in [3.63, 3.8) is 0 Å². The Kier molecular flexibility index (Phi) is 6.08. The van der Waals surface area contributed by atoms with Crippen LogP contribution in [-0.4, -0.2) is 43.8 Å². The molecule has 1 amide bonds. The van der Waals surface area contributed by atoms with Crippen molar-refractivity contribution in [3.05, 3.63) is 36.9 Å². The summed E-state index contributed by atoms with van der Waals surface area (Å²) in [6, 6.07) is 6.56. The summed E-state index contributed by atoms with van der Waals surface area (Å²) in [5.41, 5.74) is 0. The summed E-state index contributed by atoms with van der Waals surface area (Å²) in [5.74, 6) is -0.0894. The van der Waals surface area contributed by atoms with E-state index in [-0.39, 0.29) is 6.54 Å². The topological polar surface area (TPSA) is 38.8 Å². The Labute approximate surface area is 120 Å². The summed E-state index contributed by atoms with van der Waals surface area (Å²) in [7, 11) is 1.43. The van der Waals surface area contributed by atoms with Gasteiger partial charge in [0.25, 0.3) is 5.91 Å². The van der Waals surface area contributed by atoms with Gasteiger partial charge in [0.15, 0.2) is 18.1 Å². The van der Waals surface area contributed by atoms with Crippen molar-refractivity contribution in [3.8, 4) is 11.5 Å². The van der Waals surface area contributed by atoms with E-state index in [2.05, 4.69) is 6.58 Å². The Hall–Kier alpha value is -2.18. The molecule has 0 fully saturated rings. The molecule has 0 spiro atoms. The average Bonchev–Trinajstić information content (AvgIpc) is 2.43. The second-order valence-electron chi connectivity index (χ2n) is 4.12. The third kappa shape index (κ3) is 5.76. The lowest BCUT2D eigenvalue weighted by atomic mass is 10.3. The smallest absolute Gasteiger partial charge is 0.406 e. The highest BCUT2D eigenvalue weighted by molar-refractivity contribution is 5.78. The molecule has 0 unspecified atom stereocenters. The van der Waals surface area contributed by atoms with Crippen LogP contribution in [0.25, 0.3) is 0 Å². The van der Waals surface area contributed by atoms with Crippen LogP contribution in [0.3, 0.4) is 0 Å². The van der Waals surface area contributed by atoms with E-state index in [0.29, 0.717) is 16.4 Å². The van der Waals surface area contributed by atoms with Crippen LogP contribution in [0.2, 0.25) is 0 Å². The third-order valence-corrected chi connectivity index (χ3v) is 2.49. The fraction of sp³-hybridized carbons (Fsp3) is 0.357. The molecule has 0 bridgehead atoms. The SMILES string of the molecule is C=CCN(CC(F)(F)F)C(=O)COc1ccccc1OC. The first-order valence-corrected chi connectivity index (χ1v) is 6.08. The number of amides is 1. The van der Waals surface area contributed by atoms with Gasteiger partial charge in [0.2, 0.25) is 0 Å². The molecule has 0 aliphatic carbocycles. The molecule has 1 aromatic carbocycles. The van der Waals surface area contributed by atoms with Crippen molar-refractivity contribution < 1.29 is 27.4 Å². The Balaban J connectivity index is 2.67. The number of halogens is 3. The largest absolute Gasteiger partial charge is 0.493 e. The fourth-order valence-electron chi connectivity index (χ4n) is 1.60. The maximum Gasteiger partial charge on any atom is 0.406 e. The van der Waals surface area contributed by atoms with Gasteiger partial charge in [0.1, 0.15) is 6.54 Å². The monoisotopic (exact) mass is 303 g/mol. The van der Waals surface area contributed by atoms with Crippen LogP contribution in [0.15, 0.2) is 36.9 Å². The molecule has 0 aliphatic heterocycles.